The molecule has 2 amide bonds. The van der Waals surface area contributed by atoms with E-state index in [4.69, 9.17) is 0 Å². The second-order valence-electron chi connectivity index (χ2n) is 10.9. The smallest absolute Gasteiger partial charge is 0.222 e. The number of hydrogen-bond acceptors (Lipinski definition) is 4. The molecule has 0 unspecified atom stereocenters. The molecule has 4 aromatic rings. The zero-order valence-electron chi connectivity index (χ0n) is 24.4. The van der Waals surface area contributed by atoms with E-state index in [0.717, 1.165) is 11.1 Å². The third kappa shape index (κ3) is 7.32. The maximum atomic E-state index is 13.3. The van der Waals surface area contributed by atoms with Crippen LogP contribution in [0.15, 0.2) is 121 Å². The van der Waals surface area contributed by atoms with E-state index < -0.39 is 11.2 Å². The minimum Gasteiger partial charge on any atom is -0.382 e. The van der Waals surface area contributed by atoms with Crippen LogP contribution in [0.4, 0.5) is 0 Å². The summed E-state index contributed by atoms with van der Waals surface area (Å²) in [7, 11) is 3.48. The average molecular weight is 565 g/mol. The summed E-state index contributed by atoms with van der Waals surface area (Å²) in [5.74, 6) is -0.301. The van der Waals surface area contributed by atoms with Crippen molar-refractivity contribution < 1.29 is 19.8 Å². The van der Waals surface area contributed by atoms with E-state index in [1.54, 1.807) is 72.4 Å². The second kappa shape index (κ2) is 14.1. The second-order valence-corrected chi connectivity index (χ2v) is 10.9. The Morgan fingerprint density at radius 3 is 1.12 bits per heavy atom. The molecule has 0 aliphatic heterocycles. The van der Waals surface area contributed by atoms with Crippen molar-refractivity contribution in [3.8, 4) is 0 Å². The molecule has 0 saturated carbocycles. The van der Waals surface area contributed by atoms with Crippen molar-refractivity contribution >= 4 is 11.8 Å². The van der Waals surface area contributed by atoms with Crippen molar-refractivity contribution in [3.05, 3.63) is 144 Å². The number of hydrogen-bond donors (Lipinski definition) is 2. The van der Waals surface area contributed by atoms with Gasteiger partial charge in [-0.25, -0.2) is 0 Å². The number of rotatable bonds is 13. The van der Waals surface area contributed by atoms with Gasteiger partial charge in [0.05, 0.1) is 0 Å². The highest BCUT2D eigenvalue weighted by atomic mass is 16.4. The van der Waals surface area contributed by atoms with Gasteiger partial charge in [0, 0.05) is 40.0 Å². The van der Waals surface area contributed by atoms with Gasteiger partial charge in [-0.15, -0.1) is 0 Å². The number of nitrogens with zero attached hydrogens (tertiary/aromatic N) is 2. The SMILES string of the molecule is CN(Cc1ccccc1)C(=O)CC[C@@](O)(c1ccccc1)[C@](O)(CCC(=O)N(C)Cc1ccccc1)c1ccccc1. The molecule has 0 aliphatic carbocycles. The molecule has 6 nitrogen and oxygen atoms in total. The van der Waals surface area contributed by atoms with E-state index in [0.29, 0.717) is 24.2 Å². The summed E-state index contributed by atoms with van der Waals surface area (Å²) in [6, 6.07) is 37.3. The minimum absolute atomic E-state index is 0.00568. The monoisotopic (exact) mass is 564 g/mol. The van der Waals surface area contributed by atoms with E-state index in [9.17, 15) is 19.8 Å². The fourth-order valence-electron chi connectivity index (χ4n) is 5.46. The topological polar surface area (TPSA) is 81.1 Å². The molecule has 4 aromatic carbocycles. The maximum absolute atomic E-state index is 13.3. The van der Waals surface area contributed by atoms with Crippen molar-refractivity contribution in [2.45, 2.75) is 50.0 Å². The molecule has 0 fully saturated rings. The van der Waals surface area contributed by atoms with Crippen LogP contribution in [0, 0.1) is 0 Å². The quantitative estimate of drug-likeness (QED) is 0.220. The predicted molar refractivity (Wildman–Crippen MR) is 165 cm³/mol. The number of aliphatic hydroxyl groups is 2. The number of benzene rings is 4. The summed E-state index contributed by atoms with van der Waals surface area (Å²) in [6.45, 7) is 0.878. The Morgan fingerprint density at radius 1 is 0.524 bits per heavy atom. The molecule has 0 saturated heterocycles. The first kappa shape index (κ1) is 30.7. The highest BCUT2D eigenvalue weighted by Crippen LogP contribution is 2.47. The molecule has 0 heterocycles. The molecule has 42 heavy (non-hydrogen) atoms. The first-order valence-electron chi connectivity index (χ1n) is 14.3. The molecule has 0 aliphatic rings. The Hall–Kier alpha value is -4.26. The van der Waals surface area contributed by atoms with E-state index in [1.807, 2.05) is 72.8 Å². The molecule has 0 spiro atoms. The molecule has 0 radical (unpaired) electrons. The van der Waals surface area contributed by atoms with Crippen LogP contribution in [-0.4, -0.2) is 45.9 Å². The number of carbonyl (C=O) groups excluding carboxylic acids is 2. The van der Waals surface area contributed by atoms with Gasteiger partial charge in [0.15, 0.2) is 0 Å². The van der Waals surface area contributed by atoms with Gasteiger partial charge in [-0.1, -0.05) is 121 Å². The largest absolute Gasteiger partial charge is 0.382 e. The Labute approximate surface area is 248 Å². The van der Waals surface area contributed by atoms with Crippen LogP contribution in [-0.2, 0) is 33.9 Å². The van der Waals surface area contributed by atoms with E-state index >= 15 is 0 Å². The average Bonchev–Trinajstić information content (AvgIpc) is 3.03. The van der Waals surface area contributed by atoms with Crippen molar-refractivity contribution in [1.82, 2.24) is 9.80 Å². The molecule has 2 atom stereocenters. The molecule has 4 rings (SSSR count). The van der Waals surface area contributed by atoms with E-state index in [1.165, 1.54) is 0 Å². The van der Waals surface area contributed by atoms with Gasteiger partial charge in [0.1, 0.15) is 11.2 Å². The fraction of sp³-hybridized carbons (Fsp3) is 0.278. The third-order valence-corrected chi connectivity index (χ3v) is 7.96. The molecule has 0 aromatic heterocycles. The summed E-state index contributed by atoms with van der Waals surface area (Å²) in [4.78, 5) is 29.8. The Balaban J connectivity index is 1.60. The maximum Gasteiger partial charge on any atom is 0.222 e. The lowest BCUT2D eigenvalue weighted by Gasteiger charge is -2.45. The Morgan fingerprint density at radius 2 is 0.810 bits per heavy atom. The van der Waals surface area contributed by atoms with Crippen molar-refractivity contribution in [2.75, 3.05) is 14.1 Å². The Kier molecular flexibility index (Phi) is 10.3. The van der Waals surface area contributed by atoms with Gasteiger partial charge >= 0.3 is 0 Å². The summed E-state index contributed by atoms with van der Waals surface area (Å²) in [6.07, 6.45) is -0.0553. The highest BCUT2D eigenvalue weighted by molar-refractivity contribution is 5.76. The first-order valence-corrected chi connectivity index (χ1v) is 14.3. The van der Waals surface area contributed by atoms with Crippen LogP contribution < -0.4 is 0 Å². The van der Waals surface area contributed by atoms with Crippen LogP contribution >= 0.6 is 0 Å². The van der Waals surface area contributed by atoms with Crippen LogP contribution in [0.25, 0.3) is 0 Å². The predicted octanol–water partition coefficient (Wildman–Crippen LogP) is 5.64. The molecular weight excluding hydrogens is 524 g/mol. The lowest BCUT2D eigenvalue weighted by molar-refractivity contribution is -0.179. The lowest BCUT2D eigenvalue weighted by Crippen LogP contribution is -2.50. The van der Waals surface area contributed by atoms with Crippen LogP contribution in [0.3, 0.4) is 0 Å². The zero-order chi connectivity index (χ0) is 30.0. The van der Waals surface area contributed by atoms with Gasteiger partial charge in [-0.3, -0.25) is 9.59 Å². The van der Waals surface area contributed by atoms with Crippen molar-refractivity contribution in [1.29, 1.82) is 0 Å². The summed E-state index contributed by atoms with van der Waals surface area (Å²) >= 11 is 0. The zero-order valence-corrected chi connectivity index (χ0v) is 24.4. The Bertz CT molecular complexity index is 1310. The fourth-order valence-corrected chi connectivity index (χ4v) is 5.46. The third-order valence-electron chi connectivity index (χ3n) is 7.96. The first-order chi connectivity index (χ1) is 20.2. The number of amides is 2. The van der Waals surface area contributed by atoms with Gasteiger partial charge < -0.3 is 20.0 Å². The van der Waals surface area contributed by atoms with Crippen molar-refractivity contribution in [2.24, 2.45) is 0 Å². The molecule has 0 bridgehead atoms. The van der Waals surface area contributed by atoms with E-state index in [-0.39, 0.29) is 37.5 Å². The van der Waals surface area contributed by atoms with Crippen LogP contribution in [0.1, 0.15) is 47.9 Å². The van der Waals surface area contributed by atoms with Crippen LogP contribution in [0.5, 0.6) is 0 Å². The normalized spacial score (nSPS) is 13.9. The minimum atomic E-state index is -1.85. The molecule has 6 heteroatoms. The molecule has 218 valence electrons. The van der Waals surface area contributed by atoms with Gasteiger partial charge in [0.2, 0.25) is 11.8 Å². The molecule has 2 N–H and O–H groups in total. The van der Waals surface area contributed by atoms with E-state index in [2.05, 4.69) is 0 Å². The summed E-state index contributed by atoms with van der Waals surface area (Å²) < 4.78 is 0. The number of carbonyl (C=O) groups is 2. The summed E-state index contributed by atoms with van der Waals surface area (Å²) in [5, 5.41) is 25.0. The van der Waals surface area contributed by atoms with Gasteiger partial charge in [-0.05, 0) is 35.1 Å². The van der Waals surface area contributed by atoms with Crippen molar-refractivity contribution in [3.63, 3.8) is 0 Å². The van der Waals surface area contributed by atoms with Gasteiger partial charge in [-0.2, -0.15) is 0 Å². The van der Waals surface area contributed by atoms with Gasteiger partial charge in [0.25, 0.3) is 0 Å². The lowest BCUT2D eigenvalue weighted by atomic mass is 9.68. The molecular formula is C36H40N2O4. The standard InChI is InChI=1S/C36H40N2O4/c1-37(27-29-15-7-3-8-16-29)33(39)23-25-35(41,31-19-11-5-12-20-31)36(42,32-21-13-6-14-22-32)26-24-34(40)38(2)28-30-17-9-4-10-18-30/h3-22,41-42H,23-28H2,1-2H3/t35-,36+. The summed E-state index contributed by atoms with van der Waals surface area (Å²) in [5.41, 5.74) is -0.718. The van der Waals surface area contributed by atoms with Crippen LogP contribution in [0.2, 0.25) is 0 Å². The highest BCUT2D eigenvalue weighted by Gasteiger charge is 2.51.